The SMILES string of the molecule is CC[C@@H](C(=O)N(Cc1cc(NC(=O)NC(C)C)ccc1N(C)C)C1CC1)c1ccccc1. The van der Waals surface area contributed by atoms with Crippen LogP contribution in [0.1, 0.15) is 57.1 Å². The summed E-state index contributed by atoms with van der Waals surface area (Å²) in [6.45, 7) is 6.46. The largest absolute Gasteiger partial charge is 0.377 e. The summed E-state index contributed by atoms with van der Waals surface area (Å²) >= 11 is 0. The minimum atomic E-state index is -0.228. The van der Waals surface area contributed by atoms with Crippen LogP contribution in [0.25, 0.3) is 0 Å². The van der Waals surface area contributed by atoms with Crippen LogP contribution in [0, 0.1) is 0 Å². The molecular weight excluding hydrogens is 400 g/mol. The highest BCUT2D eigenvalue weighted by Gasteiger charge is 2.36. The fraction of sp³-hybridized carbons (Fsp3) is 0.462. The standard InChI is InChI=1S/C26H36N4O2/c1-6-23(19-10-8-7-9-11-19)25(31)30(22-13-14-22)17-20-16-21(12-15-24(20)29(4)5)28-26(32)27-18(2)3/h7-12,15-16,18,22-23H,6,13-14,17H2,1-5H3,(H2,27,28,32)/t23-/m1/s1. The molecule has 172 valence electrons. The van der Waals surface area contributed by atoms with Crippen molar-refractivity contribution in [2.24, 2.45) is 0 Å². The van der Waals surface area contributed by atoms with Crippen molar-refractivity contribution in [3.8, 4) is 0 Å². The van der Waals surface area contributed by atoms with Crippen molar-refractivity contribution in [1.29, 1.82) is 0 Å². The Morgan fingerprint density at radius 3 is 2.31 bits per heavy atom. The maximum Gasteiger partial charge on any atom is 0.319 e. The fourth-order valence-electron chi connectivity index (χ4n) is 4.05. The van der Waals surface area contributed by atoms with E-state index in [0.29, 0.717) is 6.54 Å². The summed E-state index contributed by atoms with van der Waals surface area (Å²) < 4.78 is 0. The smallest absolute Gasteiger partial charge is 0.319 e. The molecule has 0 radical (unpaired) electrons. The van der Waals surface area contributed by atoms with Crippen molar-refractivity contribution >= 4 is 23.3 Å². The van der Waals surface area contributed by atoms with Gasteiger partial charge in [0.25, 0.3) is 0 Å². The highest BCUT2D eigenvalue weighted by molar-refractivity contribution is 5.90. The van der Waals surface area contributed by atoms with Crippen molar-refractivity contribution in [3.05, 3.63) is 59.7 Å². The van der Waals surface area contributed by atoms with Crippen LogP contribution in [0.4, 0.5) is 16.2 Å². The van der Waals surface area contributed by atoms with Crippen LogP contribution in [-0.2, 0) is 11.3 Å². The molecule has 3 amide bonds. The minimum absolute atomic E-state index is 0.0578. The normalized spacial score (nSPS) is 14.1. The van der Waals surface area contributed by atoms with E-state index in [-0.39, 0.29) is 29.9 Å². The van der Waals surface area contributed by atoms with Gasteiger partial charge in [0.2, 0.25) is 5.91 Å². The van der Waals surface area contributed by atoms with Crippen LogP contribution in [0.2, 0.25) is 0 Å². The van der Waals surface area contributed by atoms with Gasteiger partial charge in [0.15, 0.2) is 0 Å². The Labute approximate surface area is 192 Å². The van der Waals surface area contributed by atoms with Crippen molar-refractivity contribution < 1.29 is 9.59 Å². The van der Waals surface area contributed by atoms with E-state index >= 15 is 0 Å². The molecule has 0 heterocycles. The zero-order valence-electron chi connectivity index (χ0n) is 19.9. The van der Waals surface area contributed by atoms with Crippen LogP contribution >= 0.6 is 0 Å². The maximum absolute atomic E-state index is 13.7. The van der Waals surface area contributed by atoms with Gasteiger partial charge in [-0.3, -0.25) is 4.79 Å². The number of carbonyl (C=O) groups excluding carboxylic acids is 2. The number of urea groups is 1. The number of anilines is 2. The van der Waals surface area contributed by atoms with Crippen molar-refractivity contribution in [3.63, 3.8) is 0 Å². The lowest BCUT2D eigenvalue weighted by molar-refractivity contribution is -0.134. The number of carbonyl (C=O) groups is 2. The average molecular weight is 437 g/mol. The van der Waals surface area contributed by atoms with Crippen molar-refractivity contribution in [2.75, 3.05) is 24.3 Å². The molecule has 6 nitrogen and oxygen atoms in total. The number of nitrogens with one attached hydrogen (secondary N) is 2. The molecule has 2 aromatic rings. The zero-order valence-corrected chi connectivity index (χ0v) is 19.9. The lowest BCUT2D eigenvalue weighted by Crippen LogP contribution is -2.37. The quantitative estimate of drug-likeness (QED) is 0.583. The minimum Gasteiger partial charge on any atom is -0.377 e. The molecule has 1 atom stereocenters. The van der Waals surface area contributed by atoms with E-state index < -0.39 is 0 Å². The number of benzene rings is 2. The summed E-state index contributed by atoms with van der Waals surface area (Å²) in [4.78, 5) is 29.9. The van der Waals surface area contributed by atoms with E-state index in [4.69, 9.17) is 0 Å². The van der Waals surface area contributed by atoms with Gasteiger partial charge in [0, 0.05) is 44.1 Å². The lowest BCUT2D eigenvalue weighted by atomic mass is 9.94. The van der Waals surface area contributed by atoms with E-state index in [1.165, 1.54) is 0 Å². The van der Waals surface area contributed by atoms with E-state index in [1.807, 2.05) is 81.4 Å². The Morgan fingerprint density at radius 2 is 1.75 bits per heavy atom. The predicted molar refractivity (Wildman–Crippen MR) is 131 cm³/mol. The van der Waals surface area contributed by atoms with Crippen LogP contribution in [0.3, 0.4) is 0 Å². The second kappa shape index (κ2) is 10.5. The molecule has 3 rings (SSSR count). The fourth-order valence-corrected chi connectivity index (χ4v) is 4.05. The van der Waals surface area contributed by atoms with Crippen LogP contribution < -0.4 is 15.5 Å². The van der Waals surface area contributed by atoms with E-state index in [2.05, 4.69) is 22.5 Å². The predicted octanol–water partition coefficient (Wildman–Crippen LogP) is 4.97. The molecule has 0 aromatic heterocycles. The average Bonchev–Trinajstić information content (AvgIpc) is 3.57. The molecule has 1 saturated carbocycles. The monoisotopic (exact) mass is 436 g/mol. The zero-order chi connectivity index (χ0) is 23.3. The van der Waals surface area contributed by atoms with Gasteiger partial charge in [-0.05, 0) is 62.4 Å². The van der Waals surface area contributed by atoms with Crippen LogP contribution in [0.15, 0.2) is 48.5 Å². The number of amides is 3. The Bertz CT molecular complexity index is 923. The third-order valence-electron chi connectivity index (χ3n) is 5.76. The molecule has 1 aliphatic carbocycles. The summed E-state index contributed by atoms with van der Waals surface area (Å²) in [7, 11) is 4.00. The van der Waals surface area contributed by atoms with Gasteiger partial charge in [-0.25, -0.2) is 4.79 Å². The second-order valence-corrected chi connectivity index (χ2v) is 9.06. The molecule has 0 aliphatic heterocycles. The van der Waals surface area contributed by atoms with E-state index in [9.17, 15) is 9.59 Å². The van der Waals surface area contributed by atoms with Crippen LogP contribution in [0.5, 0.6) is 0 Å². The topological polar surface area (TPSA) is 64.7 Å². The van der Waals surface area contributed by atoms with Gasteiger partial charge in [-0.1, -0.05) is 37.3 Å². The van der Waals surface area contributed by atoms with Crippen molar-refractivity contribution in [1.82, 2.24) is 10.2 Å². The highest BCUT2D eigenvalue weighted by Crippen LogP contribution is 2.35. The molecule has 6 heteroatoms. The van der Waals surface area contributed by atoms with E-state index in [1.54, 1.807) is 0 Å². The summed E-state index contributed by atoms with van der Waals surface area (Å²) in [5.41, 5.74) is 3.87. The summed E-state index contributed by atoms with van der Waals surface area (Å²) in [5.74, 6) is 0.0413. The van der Waals surface area contributed by atoms with Crippen LogP contribution in [-0.4, -0.2) is 43.0 Å². The third kappa shape index (κ3) is 6.02. The van der Waals surface area contributed by atoms with E-state index in [0.717, 1.165) is 41.8 Å². The number of nitrogens with zero attached hydrogens (tertiary/aromatic N) is 2. The first-order valence-corrected chi connectivity index (χ1v) is 11.5. The first-order valence-electron chi connectivity index (χ1n) is 11.5. The van der Waals surface area contributed by atoms with Crippen molar-refractivity contribution in [2.45, 2.75) is 64.6 Å². The molecule has 0 unspecified atom stereocenters. The molecule has 32 heavy (non-hydrogen) atoms. The Morgan fingerprint density at radius 1 is 1.06 bits per heavy atom. The Hall–Kier alpha value is -3.02. The Balaban J connectivity index is 1.86. The molecule has 1 aliphatic rings. The first kappa shape index (κ1) is 23.6. The molecule has 1 fully saturated rings. The van der Waals surface area contributed by atoms with Gasteiger partial charge in [-0.15, -0.1) is 0 Å². The molecule has 0 saturated heterocycles. The highest BCUT2D eigenvalue weighted by atomic mass is 16.2. The van der Waals surface area contributed by atoms with Gasteiger partial charge in [-0.2, -0.15) is 0 Å². The molecule has 0 bridgehead atoms. The number of hydrogen-bond donors (Lipinski definition) is 2. The van der Waals surface area contributed by atoms with Gasteiger partial charge in [0.05, 0.1) is 5.92 Å². The molecule has 2 aromatic carbocycles. The summed E-state index contributed by atoms with van der Waals surface area (Å²) in [6, 6.07) is 16.1. The molecular formula is C26H36N4O2. The summed E-state index contributed by atoms with van der Waals surface area (Å²) in [6.07, 6.45) is 2.86. The molecule has 2 N–H and O–H groups in total. The van der Waals surface area contributed by atoms with Gasteiger partial charge >= 0.3 is 6.03 Å². The van der Waals surface area contributed by atoms with Gasteiger partial charge < -0.3 is 20.4 Å². The number of rotatable bonds is 9. The lowest BCUT2D eigenvalue weighted by Gasteiger charge is -2.29. The third-order valence-corrected chi connectivity index (χ3v) is 5.76. The molecule has 0 spiro atoms. The maximum atomic E-state index is 13.7. The summed E-state index contributed by atoms with van der Waals surface area (Å²) in [5, 5.41) is 5.77. The number of hydrogen-bond acceptors (Lipinski definition) is 3. The second-order valence-electron chi connectivity index (χ2n) is 9.06. The van der Waals surface area contributed by atoms with Gasteiger partial charge in [0.1, 0.15) is 0 Å². The first-order chi connectivity index (χ1) is 15.3. The Kier molecular flexibility index (Phi) is 7.78.